The number of rotatable bonds is 2. The molecule has 9 heteroatoms. The van der Waals surface area contributed by atoms with Crippen LogP contribution in [0.4, 0.5) is 5.69 Å². The molecule has 0 aromatic carbocycles. The van der Waals surface area contributed by atoms with Crippen LogP contribution in [0.1, 0.15) is 10.5 Å². The molecule has 1 heterocycles. The number of nitro groups is 1. The Morgan fingerprint density at radius 2 is 1.93 bits per heavy atom. The van der Waals surface area contributed by atoms with E-state index in [4.69, 9.17) is 15.3 Å². The van der Waals surface area contributed by atoms with Crippen LogP contribution in [0.3, 0.4) is 0 Å². The second-order valence-corrected chi connectivity index (χ2v) is 2.11. The molecular weight excluding hydrogens is 198 g/mol. The van der Waals surface area contributed by atoms with Gasteiger partial charge in [-0.15, -0.1) is 0 Å². The molecule has 3 N–H and O–H groups in total. The lowest BCUT2D eigenvalue weighted by Crippen LogP contribution is -2.06. The summed E-state index contributed by atoms with van der Waals surface area (Å²) in [5, 5.41) is 36.3. The van der Waals surface area contributed by atoms with Gasteiger partial charge in [0.2, 0.25) is 5.69 Å². The Hall–Kier alpha value is -2.45. The highest BCUT2D eigenvalue weighted by Gasteiger charge is 2.29. The van der Waals surface area contributed by atoms with E-state index in [2.05, 4.69) is 9.97 Å². The number of nitrogens with zero attached hydrogens (tertiary/aromatic N) is 3. The summed E-state index contributed by atoms with van der Waals surface area (Å²) in [6.07, 6.45) is 0. The molecule has 0 unspecified atom stereocenters. The molecule has 0 atom stereocenters. The highest BCUT2D eigenvalue weighted by atomic mass is 16.6. The van der Waals surface area contributed by atoms with E-state index in [1.165, 1.54) is 0 Å². The third-order valence-electron chi connectivity index (χ3n) is 1.24. The van der Waals surface area contributed by atoms with Gasteiger partial charge in [0.05, 0.1) is 4.92 Å². The van der Waals surface area contributed by atoms with Crippen LogP contribution in [-0.2, 0) is 0 Å². The van der Waals surface area contributed by atoms with Crippen molar-refractivity contribution in [2.75, 3.05) is 0 Å². The molecule has 0 bridgehead atoms. The van der Waals surface area contributed by atoms with Gasteiger partial charge in [0.1, 0.15) is 0 Å². The summed E-state index contributed by atoms with van der Waals surface area (Å²) in [4.78, 5) is 25.3. The molecule has 1 aromatic heterocycles. The highest BCUT2D eigenvalue weighted by Crippen LogP contribution is 2.27. The van der Waals surface area contributed by atoms with Crippen LogP contribution in [0, 0.1) is 10.1 Å². The first-order chi connectivity index (χ1) is 6.43. The van der Waals surface area contributed by atoms with E-state index in [-0.39, 0.29) is 0 Å². The fourth-order valence-electron chi connectivity index (χ4n) is 0.749. The molecule has 0 fully saturated rings. The van der Waals surface area contributed by atoms with Crippen LogP contribution in [0.2, 0.25) is 0 Å². The van der Waals surface area contributed by atoms with E-state index < -0.39 is 34.2 Å². The molecule has 14 heavy (non-hydrogen) atoms. The topological polar surface area (TPSA) is 147 Å². The average molecular weight is 201 g/mol. The van der Waals surface area contributed by atoms with E-state index >= 15 is 0 Å². The van der Waals surface area contributed by atoms with Crippen molar-refractivity contribution in [2.24, 2.45) is 0 Å². The number of carbonyl (C=O) groups is 1. The monoisotopic (exact) mass is 201 g/mol. The minimum absolute atomic E-state index is 1.05. The predicted molar refractivity (Wildman–Crippen MR) is 39.0 cm³/mol. The summed E-state index contributed by atoms with van der Waals surface area (Å²) in [6, 6.07) is -1.05. The quantitative estimate of drug-likeness (QED) is 0.428. The van der Waals surface area contributed by atoms with Gasteiger partial charge in [-0.3, -0.25) is 10.1 Å². The molecule has 1 aromatic rings. The predicted octanol–water partition coefficient (Wildman–Crippen LogP) is -0.506. The van der Waals surface area contributed by atoms with Crippen molar-refractivity contribution >= 4 is 11.7 Å². The SMILES string of the molecule is O=C(O)c1nc(O)nc(O)c1[N+](=O)[O-]. The zero-order valence-corrected chi connectivity index (χ0v) is 6.41. The molecular formula is C5H3N3O6. The number of hydrogen-bond donors (Lipinski definition) is 3. The van der Waals surface area contributed by atoms with Gasteiger partial charge in [0, 0.05) is 0 Å². The molecule has 0 aliphatic rings. The van der Waals surface area contributed by atoms with E-state index in [0.29, 0.717) is 0 Å². The van der Waals surface area contributed by atoms with Gasteiger partial charge in [0.25, 0.3) is 5.88 Å². The first kappa shape index (κ1) is 9.64. The van der Waals surface area contributed by atoms with E-state index in [9.17, 15) is 14.9 Å². The fourth-order valence-corrected chi connectivity index (χ4v) is 0.749. The summed E-state index contributed by atoms with van der Waals surface area (Å²) < 4.78 is 0. The molecule has 0 saturated carbocycles. The number of carboxylic acids is 1. The minimum atomic E-state index is -1.75. The average Bonchev–Trinajstić information content (AvgIpc) is 2.01. The van der Waals surface area contributed by atoms with Crippen molar-refractivity contribution in [1.29, 1.82) is 0 Å². The third-order valence-corrected chi connectivity index (χ3v) is 1.24. The number of aromatic carboxylic acids is 1. The van der Waals surface area contributed by atoms with Crippen molar-refractivity contribution in [3.63, 3.8) is 0 Å². The maximum absolute atomic E-state index is 10.4. The van der Waals surface area contributed by atoms with Gasteiger partial charge in [-0.25, -0.2) is 4.79 Å². The van der Waals surface area contributed by atoms with Gasteiger partial charge in [-0.1, -0.05) is 0 Å². The smallest absolute Gasteiger partial charge is 0.363 e. The van der Waals surface area contributed by atoms with Crippen LogP contribution in [0.25, 0.3) is 0 Å². The molecule has 0 aliphatic carbocycles. The Kier molecular flexibility index (Phi) is 2.15. The zero-order chi connectivity index (χ0) is 10.9. The van der Waals surface area contributed by atoms with Crippen LogP contribution in [0.15, 0.2) is 0 Å². The van der Waals surface area contributed by atoms with Crippen LogP contribution < -0.4 is 0 Å². The van der Waals surface area contributed by atoms with Crippen molar-refractivity contribution in [2.45, 2.75) is 0 Å². The second kappa shape index (κ2) is 3.12. The number of aromatic hydroxyl groups is 2. The van der Waals surface area contributed by atoms with Crippen molar-refractivity contribution in [3.05, 3.63) is 15.8 Å². The van der Waals surface area contributed by atoms with Gasteiger partial charge < -0.3 is 15.3 Å². The lowest BCUT2D eigenvalue weighted by molar-refractivity contribution is -0.386. The Morgan fingerprint density at radius 1 is 1.36 bits per heavy atom. The lowest BCUT2D eigenvalue weighted by atomic mass is 10.3. The molecule has 0 spiro atoms. The summed E-state index contributed by atoms with van der Waals surface area (Å²) >= 11 is 0. The molecule has 74 valence electrons. The molecule has 0 aliphatic heterocycles. The summed E-state index contributed by atoms with van der Waals surface area (Å²) in [5.74, 6) is -2.94. The largest absolute Gasteiger partial charge is 0.488 e. The van der Waals surface area contributed by atoms with Gasteiger partial charge in [-0.05, 0) is 0 Å². The fraction of sp³-hybridized carbons (Fsp3) is 0. The maximum Gasteiger partial charge on any atom is 0.363 e. The summed E-state index contributed by atoms with van der Waals surface area (Å²) in [7, 11) is 0. The Labute approximate surface area is 75.4 Å². The highest BCUT2D eigenvalue weighted by molar-refractivity contribution is 5.91. The first-order valence-corrected chi connectivity index (χ1v) is 3.11. The number of carboxylic acid groups (broad SMARTS) is 1. The van der Waals surface area contributed by atoms with Gasteiger partial charge >= 0.3 is 17.7 Å². The normalized spacial score (nSPS) is 9.71. The van der Waals surface area contributed by atoms with E-state index in [1.54, 1.807) is 0 Å². The van der Waals surface area contributed by atoms with E-state index in [0.717, 1.165) is 0 Å². The minimum Gasteiger partial charge on any atom is -0.488 e. The van der Waals surface area contributed by atoms with Crippen molar-refractivity contribution in [1.82, 2.24) is 9.97 Å². The molecule has 9 nitrogen and oxygen atoms in total. The van der Waals surface area contributed by atoms with Crippen molar-refractivity contribution in [3.8, 4) is 11.9 Å². The Morgan fingerprint density at radius 3 is 2.36 bits per heavy atom. The molecule has 0 radical (unpaired) electrons. The molecule has 0 saturated heterocycles. The van der Waals surface area contributed by atoms with E-state index in [1.807, 2.05) is 0 Å². The number of aromatic nitrogens is 2. The molecule has 1 rings (SSSR count). The number of hydrogen-bond acceptors (Lipinski definition) is 7. The van der Waals surface area contributed by atoms with Crippen LogP contribution >= 0.6 is 0 Å². The van der Waals surface area contributed by atoms with Crippen molar-refractivity contribution < 1.29 is 25.0 Å². The zero-order valence-electron chi connectivity index (χ0n) is 6.41. The van der Waals surface area contributed by atoms with Crippen LogP contribution in [-0.4, -0.2) is 36.2 Å². The lowest BCUT2D eigenvalue weighted by Gasteiger charge is -1.98. The van der Waals surface area contributed by atoms with Gasteiger partial charge in [-0.2, -0.15) is 9.97 Å². The molecule has 0 amide bonds. The second-order valence-electron chi connectivity index (χ2n) is 2.11. The first-order valence-electron chi connectivity index (χ1n) is 3.11. The van der Waals surface area contributed by atoms with Gasteiger partial charge in [0.15, 0.2) is 0 Å². The third kappa shape index (κ3) is 1.50. The Balaban J connectivity index is 3.52. The Bertz CT molecular complexity index is 416. The maximum atomic E-state index is 10.4. The summed E-state index contributed by atoms with van der Waals surface area (Å²) in [5.41, 5.74) is -2.23. The standard InChI is InChI=1S/C5H3N3O6/c9-3-2(8(13)14)1(4(10)11)6-5(12)7-3/h(H,10,11)(H2,6,7,9,12). The summed E-state index contributed by atoms with van der Waals surface area (Å²) in [6.45, 7) is 0. The van der Waals surface area contributed by atoms with Crippen LogP contribution in [0.5, 0.6) is 11.9 Å².